The smallest absolute Gasteiger partial charge is 0.319 e. The lowest BCUT2D eigenvalue weighted by Crippen LogP contribution is -2.28. The molecule has 1 aromatic heterocycles. The highest BCUT2D eigenvalue weighted by molar-refractivity contribution is 8.00. The molecule has 32 heavy (non-hydrogen) atoms. The van der Waals surface area contributed by atoms with Gasteiger partial charge in [-0.1, -0.05) is 64.3 Å². The number of nitrogens with zero attached hydrogens (tertiary/aromatic N) is 1. The number of hydrogen-bond donors (Lipinski definition) is 2. The number of carbonyl (C=O) groups excluding carboxylic acids is 1. The van der Waals surface area contributed by atoms with Crippen molar-refractivity contribution in [3.63, 3.8) is 0 Å². The molecule has 168 valence electrons. The van der Waals surface area contributed by atoms with Gasteiger partial charge in [-0.25, -0.2) is 4.79 Å². The maximum Gasteiger partial charge on any atom is 0.319 e. The molecule has 0 unspecified atom stereocenters. The molecule has 1 saturated carbocycles. The van der Waals surface area contributed by atoms with Crippen LogP contribution in [0.3, 0.4) is 0 Å². The number of benzene rings is 2. The third-order valence-electron chi connectivity index (χ3n) is 6.15. The van der Waals surface area contributed by atoms with Crippen LogP contribution in [0.2, 0.25) is 0 Å². The first-order valence-electron chi connectivity index (χ1n) is 11.6. The Labute approximate surface area is 195 Å². The van der Waals surface area contributed by atoms with Gasteiger partial charge in [-0.2, -0.15) is 0 Å². The quantitative estimate of drug-likeness (QED) is 0.432. The van der Waals surface area contributed by atoms with E-state index in [1.54, 1.807) is 6.20 Å². The van der Waals surface area contributed by atoms with Gasteiger partial charge in [0.2, 0.25) is 0 Å². The molecule has 1 fully saturated rings. The van der Waals surface area contributed by atoms with Crippen LogP contribution >= 0.6 is 11.8 Å². The van der Waals surface area contributed by atoms with Crippen molar-refractivity contribution >= 4 is 34.3 Å². The number of fused-ring (bicyclic) bond motifs is 1. The molecule has 2 aromatic carbocycles. The zero-order valence-electron chi connectivity index (χ0n) is 19.3. The highest BCUT2D eigenvalue weighted by Crippen LogP contribution is 2.37. The fraction of sp³-hybridized carbons (Fsp3) is 0.407. The van der Waals surface area contributed by atoms with Crippen LogP contribution in [-0.2, 0) is 12.0 Å². The zero-order chi connectivity index (χ0) is 22.6. The van der Waals surface area contributed by atoms with Crippen LogP contribution in [0.1, 0.15) is 64.0 Å². The van der Waals surface area contributed by atoms with E-state index in [9.17, 15) is 4.79 Å². The third-order valence-corrected chi connectivity index (χ3v) is 7.59. The Morgan fingerprint density at radius 1 is 1.09 bits per heavy atom. The Balaban J connectivity index is 1.48. The van der Waals surface area contributed by atoms with Crippen LogP contribution in [0.15, 0.2) is 59.8 Å². The Morgan fingerprint density at radius 2 is 1.91 bits per heavy atom. The van der Waals surface area contributed by atoms with Gasteiger partial charge in [0.05, 0.1) is 5.69 Å². The summed E-state index contributed by atoms with van der Waals surface area (Å²) in [5.41, 5.74) is 3.43. The van der Waals surface area contributed by atoms with E-state index >= 15 is 0 Å². The number of aromatic nitrogens is 1. The number of anilines is 1. The van der Waals surface area contributed by atoms with Crippen LogP contribution in [0.4, 0.5) is 10.5 Å². The molecule has 0 atom stereocenters. The van der Waals surface area contributed by atoms with Crippen LogP contribution in [0, 0.1) is 0 Å². The third kappa shape index (κ3) is 5.63. The van der Waals surface area contributed by atoms with Crippen molar-refractivity contribution in [1.82, 2.24) is 10.3 Å². The number of carbonyl (C=O) groups is 1. The summed E-state index contributed by atoms with van der Waals surface area (Å²) in [6.07, 6.45) is 10.1. The van der Waals surface area contributed by atoms with Crippen LogP contribution < -0.4 is 10.6 Å². The fourth-order valence-corrected chi connectivity index (χ4v) is 5.63. The first-order chi connectivity index (χ1) is 15.4. The molecule has 0 saturated heterocycles. The van der Waals surface area contributed by atoms with E-state index in [-0.39, 0.29) is 11.4 Å². The molecule has 4 rings (SSSR count). The van der Waals surface area contributed by atoms with Gasteiger partial charge in [-0.05, 0) is 47.6 Å². The predicted molar refractivity (Wildman–Crippen MR) is 135 cm³/mol. The molecular weight excluding hydrogens is 414 g/mol. The summed E-state index contributed by atoms with van der Waals surface area (Å²) >= 11 is 2.00. The van der Waals surface area contributed by atoms with Gasteiger partial charge >= 0.3 is 6.03 Å². The highest BCUT2D eigenvalue weighted by atomic mass is 32.2. The molecule has 2 amide bonds. The van der Waals surface area contributed by atoms with Gasteiger partial charge in [-0.15, -0.1) is 11.8 Å². The van der Waals surface area contributed by atoms with E-state index in [1.165, 1.54) is 48.1 Å². The summed E-state index contributed by atoms with van der Waals surface area (Å²) in [6, 6.07) is 14.3. The molecular formula is C27H33N3OS. The first kappa shape index (κ1) is 22.7. The number of pyridine rings is 1. The molecule has 3 aromatic rings. The number of rotatable bonds is 5. The monoisotopic (exact) mass is 447 g/mol. The zero-order valence-corrected chi connectivity index (χ0v) is 20.1. The van der Waals surface area contributed by atoms with Crippen molar-refractivity contribution in [1.29, 1.82) is 0 Å². The maximum absolute atomic E-state index is 12.7. The Morgan fingerprint density at radius 3 is 2.69 bits per heavy atom. The lowest BCUT2D eigenvalue weighted by Gasteiger charge is -2.25. The molecule has 2 N–H and O–H groups in total. The summed E-state index contributed by atoms with van der Waals surface area (Å²) in [4.78, 5) is 18.2. The van der Waals surface area contributed by atoms with Crippen LogP contribution in [0.25, 0.3) is 10.8 Å². The van der Waals surface area contributed by atoms with Gasteiger partial charge in [0.1, 0.15) is 0 Å². The average Bonchev–Trinajstić information content (AvgIpc) is 2.78. The number of nitrogens with one attached hydrogen (secondary N) is 2. The summed E-state index contributed by atoms with van der Waals surface area (Å²) in [7, 11) is 0. The molecule has 0 aliphatic heterocycles. The fourth-order valence-electron chi connectivity index (χ4n) is 4.21. The lowest BCUT2D eigenvalue weighted by atomic mass is 9.86. The van der Waals surface area contributed by atoms with E-state index in [4.69, 9.17) is 0 Å². The van der Waals surface area contributed by atoms with E-state index in [1.807, 2.05) is 42.2 Å². The van der Waals surface area contributed by atoms with Crippen molar-refractivity contribution in [3.8, 4) is 0 Å². The second-order valence-corrected chi connectivity index (χ2v) is 11.0. The van der Waals surface area contributed by atoms with Gasteiger partial charge < -0.3 is 10.6 Å². The van der Waals surface area contributed by atoms with Crippen molar-refractivity contribution in [2.24, 2.45) is 0 Å². The summed E-state index contributed by atoms with van der Waals surface area (Å²) < 4.78 is 0. The second kappa shape index (κ2) is 9.95. The minimum atomic E-state index is -0.192. The van der Waals surface area contributed by atoms with Crippen LogP contribution in [0.5, 0.6) is 0 Å². The summed E-state index contributed by atoms with van der Waals surface area (Å²) in [5, 5.41) is 8.75. The average molecular weight is 448 g/mol. The normalized spacial score (nSPS) is 15.0. The molecule has 1 heterocycles. The molecule has 0 spiro atoms. The first-order valence-corrected chi connectivity index (χ1v) is 12.5. The van der Waals surface area contributed by atoms with Gasteiger partial charge in [0.25, 0.3) is 0 Å². The van der Waals surface area contributed by atoms with Gasteiger partial charge in [0.15, 0.2) is 0 Å². The molecule has 5 heteroatoms. The van der Waals surface area contributed by atoms with Crippen LogP contribution in [-0.4, -0.2) is 16.3 Å². The number of amides is 2. The molecule has 0 bridgehead atoms. The second-order valence-electron chi connectivity index (χ2n) is 9.66. The molecule has 4 nitrogen and oxygen atoms in total. The van der Waals surface area contributed by atoms with Gasteiger partial charge in [-0.3, -0.25) is 4.98 Å². The SMILES string of the molecule is CC(C)(C)c1ccc(CNC(=O)Nc2cccc3cnccc23)c(SC2CCCCC2)c1. The molecule has 0 radical (unpaired) electrons. The number of hydrogen-bond acceptors (Lipinski definition) is 3. The Kier molecular flexibility index (Phi) is 7.04. The van der Waals surface area contributed by atoms with Gasteiger partial charge in [0, 0.05) is 39.9 Å². The van der Waals surface area contributed by atoms with Crippen molar-refractivity contribution in [2.45, 2.75) is 75.0 Å². The summed E-state index contributed by atoms with van der Waals surface area (Å²) in [6.45, 7) is 7.27. The van der Waals surface area contributed by atoms with E-state index in [0.717, 1.165) is 16.5 Å². The highest BCUT2D eigenvalue weighted by Gasteiger charge is 2.20. The standard InChI is InChI=1S/C27H33N3OS/c1-27(2,3)21-13-12-20(25(16-21)32-22-9-5-4-6-10-22)18-29-26(31)30-24-11-7-8-19-17-28-15-14-23(19)24/h7-8,11-17,22H,4-6,9-10,18H2,1-3H3,(H2,29,30,31). The largest absolute Gasteiger partial charge is 0.334 e. The molecule has 1 aliphatic rings. The maximum atomic E-state index is 12.7. The topological polar surface area (TPSA) is 54.0 Å². The minimum absolute atomic E-state index is 0.106. The van der Waals surface area contributed by atoms with Crippen molar-refractivity contribution in [3.05, 3.63) is 66.0 Å². The minimum Gasteiger partial charge on any atom is -0.334 e. The van der Waals surface area contributed by atoms with E-state index < -0.39 is 0 Å². The Hall–Kier alpha value is -2.53. The van der Waals surface area contributed by atoms with Crippen molar-refractivity contribution < 1.29 is 4.79 Å². The number of urea groups is 1. The summed E-state index contributed by atoms with van der Waals surface area (Å²) in [5.74, 6) is 0. The lowest BCUT2D eigenvalue weighted by molar-refractivity contribution is 0.251. The number of thioether (sulfide) groups is 1. The molecule has 1 aliphatic carbocycles. The predicted octanol–water partition coefficient (Wildman–Crippen LogP) is 7.28. The Bertz CT molecular complexity index is 1080. The van der Waals surface area contributed by atoms with Crippen molar-refractivity contribution in [2.75, 3.05) is 5.32 Å². The van der Waals surface area contributed by atoms with E-state index in [0.29, 0.717) is 11.8 Å². The van der Waals surface area contributed by atoms with E-state index in [2.05, 4.69) is 54.6 Å².